The quantitative estimate of drug-likeness (QED) is 0.713. The third kappa shape index (κ3) is 3.05. The molecule has 0 amide bonds. The highest BCUT2D eigenvalue weighted by atomic mass is 19.1. The lowest BCUT2D eigenvalue weighted by Gasteiger charge is -2.13. The Morgan fingerprint density at radius 3 is 2.83 bits per heavy atom. The number of alkyl halides is 1. The van der Waals surface area contributed by atoms with Crippen LogP contribution in [0.3, 0.4) is 0 Å². The molecule has 0 saturated carbocycles. The summed E-state index contributed by atoms with van der Waals surface area (Å²) in [7, 11) is 1.76. The van der Waals surface area contributed by atoms with Crippen molar-refractivity contribution in [3.63, 3.8) is 0 Å². The van der Waals surface area contributed by atoms with Gasteiger partial charge in [0.15, 0.2) is 0 Å². The molecule has 0 aliphatic heterocycles. The smallest absolute Gasteiger partial charge is 0.365 e. The van der Waals surface area contributed by atoms with Crippen LogP contribution < -0.4 is 15.2 Å². The number of H-pyrrole nitrogens is 1. The lowest BCUT2D eigenvalue weighted by atomic mass is 10.1. The van der Waals surface area contributed by atoms with Gasteiger partial charge in [-0.2, -0.15) is 4.68 Å². The number of hydrogen-bond donors (Lipinski definition) is 1. The summed E-state index contributed by atoms with van der Waals surface area (Å²) in [4.78, 5) is 11.7. The van der Waals surface area contributed by atoms with Gasteiger partial charge in [0.1, 0.15) is 12.4 Å². The Kier molecular flexibility index (Phi) is 4.04. The van der Waals surface area contributed by atoms with Crippen molar-refractivity contribution in [1.29, 1.82) is 0 Å². The molecule has 3 rings (SSSR count). The van der Waals surface area contributed by atoms with E-state index in [1.54, 1.807) is 42.2 Å². The number of tetrazole rings is 1. The minimum atomic E-state index is -1.01. The Hall–Kier alpha value is -3.17. The summed E-state index contributed by atoms with van der Waals surface area (Å²) in [6, 6.07) is 6.50. The van der Waals surface area contributed by atoms with E-state index in [1.165, 1.54) is 0 Å². The van der Waals surface area contributed by atoms with Crippen molar-refractivity contribution >= 4 is 0 Å². The van der Waals surface area contributed by atoms with E-state index < -0.39 is 12.6 Å². The zero-order chi connectivity index (χ0) is 16.2. The van der Waals surface area contributed by atoms with Crippen molar-refractivity contribution < 1.29 is 13.9 Å². The molecule has 0 bridgehead atoms. The first-order chi connectivity index (χ1) is 11.2. The average molecular weight is 320 g/mol. The van der Waals surface area contributed by atoms with Crippen LogP contribution in [-0.4, -0.2) is 36.8 Å². The van der Waals surface area contributed by atoms with Gasteiger partial charge in [0.05, 0.1) is 11.3 Å². The van der Waals surface area contributed by atoms with Gasteiger partial charge in [0.2, 0.25) is 12.7 Å². The summed E-state index contributed by atoms with van der Waals surface area (Å²) in [5, 5.41) is 13.4. The normalized spacial score (nSPS) is 10.7. The van der Waals surface area contributed by atoms with E-state index in [2.05, 4.69) is 20.6 Å². The first-order valence-electron chi connectivity index (χ1n) is 6.63. The molecular formula is C13H13FN6O3. The number of aromatic nitrogens is 6. The number of benzene rings is 1. The minimum absolute atomic E-state index is 0.0157. The van der Waals surface area contributed by atoms with E-state index in [1.807, 2.05) is 0 Å². The molecule has 1 aromatic carbocycles. The number of aryl methyl sites for hydroxylation is 1. The number of ether oxygens (including phenoxy) is 2. The number of aromatic amines is 1. The first-order valence-corrected chi connectivity index (χ1v) is 6.63. The average Bonchev–Trinajstić information content (AvgIpc) is 3.14. The van der Waals surface area contributed by atoms with Gasteiger partial charge in [-0.3, -0.25) is 4.68 Å². The van der Waals surface area contributed by atoms with Crippen molar-refractivity contribution in [3.05, 3.63) is 46.5 Å². The van der Waals surface area contributed by atoms with Crippen molar-refractivity contribution in [2.45, 2.75) is 6.61 Å². The standard InChI is InChI=1S/C13H13FN6O3/c1-19-6-5-12(16-19)22-7-9-10(20-13(21)15-17-18-20)3-2-4-11(9)23-8-14/h2-6H,7-8H2,1H3,(H,15,18,21). The molecule has 9 nitrogen and oxygen atoms in total. The Bertz CT molecular complexity index is 855. The topological polar surface area (TPSA) is 99.9 Å². The fourth-order valence-corrected chi connectivity index (χ4v) is 2.06. The lowest BCUT2D eigenvalue weighted by molar-refractivity contribution is 0.185. The van der Waals surface area contributed by atoms with Gasteiger partial charge >= 0.3 is 5.69 Å². The fourth-order valence-electron chi connectivity index (χ4n) is 2.06. The predicted molar refractivity (Wildman–Crippen MR) is 76.1 cm³/mol. The summed E-state index contributed by atoms with van der Waals surface area (Å²) < 4.78 is 25.8. The van der Waals surface area contributed by atoms with Gasteiger partial charge in [-0.25, -0.2) is 14.3 Å². The van der Waals surface area contributed by atoms with Crippen molar-refractivity contribution in [3.8, 4) is 17.3 Å². The molecule has 3 aromatic rings. The number of rotatable bonds is 6. The van der Waals surface area contributed by atoms with Gasteiger partial charge in [-0.15, -0.1) is 5.10 Å². The molecule has 0 aliphatic rings. The molecule has 0 atom stereocenters. The van der Waals surface area contributed by atoms with Gasteiger partial charge in [0, 0.05) is 19.3 Å². The molecule has 0 unspecified atom stereocenters. The summed E-state index contributed by atoms with van der Waals surface area (Å²) in [5.41, 5.74) is 0.305. The van der Waals surface area contributed by atoms with Crippen LogP contribution in [0.15, 0.2) is 35.3 Å². The highest BCUT2D eigenvalue weighted by Crippen LogP contribution is 2.26. The van der Waals surface area contributed by atoms with Crippen LogP contribution >= 0.6 is 0 Å². The summed E-state index contributed by atoms with van der Waals surface area (Å²) in [5.74, 6) is 0.636. The number of halogens is 1. The lowest BCUT2D eigenvalue weighted by Crippen LogP contribution is -2.18. The molecule has 23 heavy (non-hydrogen) atoms. The number of hydrogen-bond acceptors (Lipinski definition) is 6. The van der Waals surface area contributed by atoms with Crippen LogP contribution in [-0.2, 0) is 13.7 Å². The van der Waals surface area contributed by atoms with Crippen molar-refractivity contribution in [2.75, 3.05) is 6.86 Å². The Labute approximate surface area is 129 Å². The largest absolute Gasteiger partial charge is 0.472 e. The molecule has 120 valence electrons. The molecule has 0 radical (unpaired) electrons. The van der Waals surface area contributed by atoms with Crippen LogP contribution in [0.2, 0.25) is 0 Å². The predicted octanol–water partition coefficient (Wildman–Crippen LogP) is 0.574. The molecule has 0 saturated heterocycles. The van der Waals surface area contributed by atoms with Gasteiger partial charge < -0.3 is 9.47 Å². The Morgan fingerprint density at radius 1 is 1.30 bits per heavy atom. The van der Waals surface area contributed by atoms with E-state index in [9.17, 15) is 9.18 Å². The SMILES string of the molecule is Cn1ccc(OCc2c(OCF)cccc2-n2nn[nH]c2=O)n1. The highest BCUT2D eigenvalue weighted by molar-refractivity contribution is 5.48. The van der Waals surface area contributed by atoms with Crippen LogP contribution in [0, 0.1) is 0 Å². The molecule has 10 heteroatoms. The molecule has 2 aromatic heterocycles. The second kappa shape index (κ2) is 6.30. The second-order valence-electron chi connectivity index (χ2n) is 4.54. The van der Waals surface area contributed by atoms with Gasteiger partial charge in [0.25, 0.3) is 0 Å². The number of nitrogens with one attached hydrogen (secondary N) is 1. The van der Waals surface area contributed by atoms with E-state index in [4.69, 9.17) is 9.47 Å². The number of nitrogens with zero attached hydrogens (tertiary/aromatic N) is 5. The minimum Gasteiger partial charge on any atom is -0.472 e. The monoisotopic (exact) mass is 320 g/mol. The molecular weight excluding hydrogens is 307 g/mol. The third-order valence-corrected chi connectivity index (χ3v) is 3.07. The van der Waals surface area contributed by atoms with Crippen LogP contribution in [0.4, 0.5) is 4.39 Å². The van der Waals surface area contributed by atoms with E-state index in [0.717, 1.165) is 4.68 Å². The maximum atomic E-state index is 12.6. The zero-order valence-corrected chi connectivity index (χ0v) is 12.1. The first kappa shape index (κ1) is 14.8. The van der Waals surface area contributed by atoms with Crippen LogP contribution in [0.25, 0.3) is 5.69 Å². The fraction of sp³-hybridized carbons (Fsp3) is 0.231. The van der Waals surface area contributed by atoms with Crippen molar-refractivity contribution in [1.82, 2.24) is 30.0 Å². The maximum Gasteiger partial charge on any atom is 0.365 e. The molecule has 2 heterocycles. The molecule has 0 fully saturated rings. The third-order valence-electron chi connectivity index (χ3n) is 3.07. The van der Waals surface area contributed by atoms with Crippen molar-refractivity contribution in [2.24, 2.45) is 7.05 Å². The highest BCUT2D eigenvalue weighted by Gasteiger charge is 2.15. The summed E-state index contributed by atoms with van der Waals surface area (Å²) >= 11 is 0. The molecule has 1 N–H and O–H groups in total. The summed E-state index contributed by atoms with van der Waals surface area (Å²) in [6.45, 7) is -0.991. The maximum absolute atomic E-state index is 12.6. The van der Waals surface area contributed by atoms with E-state index in [-0.39, 0.29) is 12.4 Å². The van der Waals surface area contributed by atoms with E-state index in [0.29, 0.717) is 17.1 Å². The Morgan fingerprint density at radius 2 is 2.17 bits per heavy atom. The molecule has 0 aliphatic carbocycles. The Balaban J connectivity index is 1.97. The molecule has 0 spiro atoms. The zero-order valence-electron chi connectivity index (χ0n) is 12.1. The van der Waals surface area contributed by atoms with Gasteiger partial charge in [-0.05, 0) is 22.6 Å². The van der Waals surface area contributed by atoms with Gasteiger partial charge in [-0.1, -0.05) is 6.07 Å². The van der Waals surface area contributed by atoms with Crippen LogP contribution in [0.1, 0.15) is 5.56 Å². The van der Waals surface area contributed by atoms with Crippen LogP contribution in [0.5, 0.6) is 11.6 Å². The second-order valence-corrected chi connectivity index (χ2v) is 4.54. The van der Waals surface area contributed by atoms with E-state index >= 15 is 0 Å². The summed E-state index contributed by atoms with van der Waals surface area (Å²) in [6.07, 6.45) is 1.72.